The minimum absolute atomic E-state index is 0.00736. The largest absolute Gasteiger partial charge is 0.465 e. The minimum atomic E-state index is -0.899. The first-order chi connectivity index (χ1) is 8.27. The highest BCUT2D eigenvalue weighted by atomic mass is 35.5. The van der Waals surface area contributed by atoms with E-state index in [1.807, 2.05) is 20.8 Å². The summed E-state index contributed by atoms with van der Waals surface area (Å²) in [5.41, 5.74) is -0.421. The third kappa shape index (κ3) is 3.51. The topological polar surface area (TPSA) is 60.9 Å². The van der Waals surface area contributed by atoms with Crippen molar-refractivity contribution in [1.82, 2.24) is 9.80 Å². The zero-order valence-electron chi connectivity index (χ0n) is 11.1. The smallest absolute Gasteiger partial charge is 0.407 e. The molecule has 104 valence electrons. The number of halogens is 1. The molecule has 0 unspecified atom stereocenters. The van der Waals surface area contributed by atoms with Gasteiger partial charge in [0.15, 0.2) is 0 Å². The molecular weight excluding hydrogens is 256 g/mol. The molecule has 1 saturated heterocycles. The van der Waals surface area contributed by atoms with Crippen LogP contribution in [0.1, 0.15) is 33.6 Å². The maximum atomic E-state index is 11.4. The normalized spacial score (nSPS) is 17.7. The van der Waals surface area contributed by atoms with Crippen LogP contribution in [0.25, 0.3) is 0 Å². The SMILES string of the molecule is CC(C)(C)N(C(=O)O)C1CCN(C(=O)CCl)CC1. The van der Waals surface area contributed by atoms with E-state index >= 15 is 0 Å². The Labute approximate surface area is 113 Å². The summed E-state index contributed by atoms with van der Waals surface area (Å²) in [6.45, 7) is 6.82. The summed E-state index contributed by atoms with van der Waals surface area (Å²) in [5.74, 6) is -0.0835. The Morgan fingerprint density at radius 2 is 1.83 bits per heavy atom. The summed E-state index contributed by atoms with van der Waals surface area (Å²) in [7, 11) is 0. The number of rotatable bonds is 2. The lowest BCUT2D eigenvalue weighted by Crippen LogP contribution is -2.55. The fraction of sp³-hybridized carbons (Fsp3) is 0.833. The number of likely N-dealkylation sites (tertiary alicyclic amines) is 1. The maximum Gasteiger partial charge on any atom is 0.407 e. The van der Waals surface area contributed by atoms with E-state index in [0.717, 1.165) is 0 Å². The van der Waals surface area contributed by atoms with E-state index in [-0.39, 0.29) is 17.8 Å². The first kappa shape index (κ1) is 15.1. The second kappa shape index (κ2) is 5.78. The average molecular weight is 277 g/mol. The Morgan fingerprint density at radius 1 is 1.33 bits per heavy atom. The van der Waals surface area contributed by atoms with Crippen LogP contribution in [0.4, 0.5) is 4.79 Å². The van der Waals surface area contributed by atoms with Gasteiger partial charge in [0, 0.05) is 24.7 Å². The van der Waals surface area contributed by atoms with Crippen LogP contribution in [0.5, 0.6) is 0 Å². The predicted molar refractivity (Wildman–Crippen MR) is 69.9 cm³/mol. The molecule has 1 heterocycles. The lowest BCUT2D eigenvalue weighted by molar-refractivity contribution is -0.130. The molecule has 0 aromatic heterocycles. The molecule has 0 atom stereocenters. The van der Waals surface area contributed by atoms with E-state index in [1.165, 1.54) is 4.90 Å². The number of alkyl halides is 1. The lowest BCUT2D eigenvalue weighted by atomic mass is 9.97. The number of hydrogen-bond donors (Lipinski definition) is 1. The fourth-order valence-corrected chi connectivity index (χ4v) is 2.62. The number of nitrogens with zero attached hydrogens (tertiary/aromatic N) is 2. The second-order valence-electron chi connectivity index (χ2n) is 5.57. The van der Waals surface area contributed by atoms with Gasteiger partial charge in [-0.2, -0.15) is 0 Å². The molecule has 1 rings (SSSR count). The van der Waals surface area contributed by atoms with E-state index < -0.39 is 11.6 Å². The van der Waals surface area contributed by atoms with Gasteiger partial charge in [-0.05, 0) is 33.6 Å². The summed E-state index contributed by atoms with van der Waals surface area (Å²) in [6, 6.07) is -0.0260. The van der Waals surface area contributed by atoms with Crippen molar-refractivity contribution in [1.29, 1.82) is 0 Å². The number of carbonyl (C=O) groups excluding carboxylic acids is 1. The molecule has 0 aromatic rings. The lowest BCUT2D eigenvalue weighted by Gasteiger charge is -2.43. The minimum Gasteiger partial charge on any atom is -0.465 e. The van der Waals surface area contributed by atoms with E-state index in [4.69, 9.17) is 11.6 Å². The van der Waals surface area contributed by atoms with Crippen LogP contribution < -0.4 is 0 Å². The highest BCUT2D eigenvalue weighted by Crippen LogP contribution is 2.24. The first-order valence-corrected chi connectivity index (χ1v) is 6.67. The van der Waals surface area contributed by atoms with Gasteiger partial charge in [-0.25, -0.2) is 4.79 Å². The van der Waals surface area contributed by atoms with Gasteiger partial charge in [-0.15, -0.1) is 11.6 Å². The molecule has 18 heavy (non-hydrogen) atoms. The van der Waals surface area contributed by atoms with Crippen molar-refractivity contribution in [3.05, 3.63) is 0 Å². The van der Waals surface area contributed by atoms with Gasteiger partial charge >= 0.3 is 6.09 Å². The molecule has 0 saturated carbocycles. The maximum absolute atomic E-state index is 11.4. The summed E-state index contributed by atoms with van der Waals surface area (Å²) < 4.78 is 0. The van der Waals surface area contributed by atoms with Crippen LogP contribution in [0.3, 0.4) is 0 Å². The number of carbonyl (C=O) groups is 2. The molecule has 2 amide bonds. The predicted octanol–water partition coefficient (Wildman–Crippen LogP) is 1.99. The van der Waals surface area contributed by atoms with Gasteiger partial charge in [0.2, 0.25) is 5.91 Å². The Kier molecular flexibility index (Phi) is 4.85. The van der Waals surface area contributed by atoms with Crippen molar-refractivity contribution in [3.8, 4) is 0 Å². The van der Waals surface area contributed by atoms with Crippen LogP contribution in [-0.4, -0.2) is 57.5 Å². The summed E-state index contributed by atoms with van der Waals surface area (Å²) in [5, 5.41) is 9.31. The van der Waals surface area contributed by atoms with Crippen molar-refractivity contribution in [2.24, 2.45) is 0 Å². The molecule has 0 aliphatic carbocycles. The number of piperidine rings is 1. The molecule has 0 aromatic carbocycles. The quantitative estimate of drug-likeness (QED) is 0.785. The summed E-state index contributed by atoms with van der Waals surface area (Å²) in [4.78, 5) is 26.0. The van der Waals surface area contributed by atoms with E-state index in [9.17, 15) is 14.7 Å². The average Bonchev–Trinajstić information content (AvgIpc) is 2.26. The van der Waals surface area contributed by atoms with E-state index in [0.29, 0.717) is 25.9 Å². The first-order valence-electron chi connectivity index (χ1n) is 6.13. The molecule has 0 bridgehead atoms. The van der Waals surface area contributed by atoms with Crippen LogP contribution >= 0.6 is 11.6 Å². The third-order valence-corrected chi connectivity index (χ3v) is 3.45. The fourth-order valence-electron chi connectivity index (χ4n) is 2.45. The van der Waals surface area contributed by atoms with Crippen LogP contribution in [0.15, 0.2) is 0 Å². The van der Waals surface area contributed by atoms with E-state index in [2.05, 4.69) is 0 Å². The van der Waals surface area contributed by atoms with Gasteiger partial charge in [-0.3, -0.25) is 4.79 Å². The van der Waals surface area contributed by atoms with Gasteiger partial charge in [0.05, 0.1) is 0 Å². The molecule has 1 fully saturated rings. The molecule has 1 N–H and O–H groups in total. The van der Waals surface area contributed by atoms with E-state index in [1.54, 1.807) is 4.90 Å². The number of carboxylic acid groups (broad SMARTS) is 1. The zero-order chi connectivity index (χ0) is 13.9. The van der Waals surface area contributed by atoms with Crippen LogP contribution in [0.2, 0.25) is 0 Å². The third-order valence-electron chi connectivity index (χ3n) is 3.23. The molecule has 0 radical (unpaired) electrons. The monoisotopic (exact) mass is 276 g/mol. The van der Waals surface area contributed by atoms with Crippen molar-refractivity contribution in [3.63, 3.8) is 0 Å². The Morgan fingerprint density at radius 3 is 2.17 bits per heavy atom. The molecule has 6 heteroatoms. The highest BCUT2D eigenvalue weighted by Gasteiger charge is 2.35. The number of hydrogen-bond acceptors (Lipinski definition) is 2. The van der Waals surface area contributed by atoms with Crippen LogP contribution in [0, 0.1) is 0 Å². The van der Waals surface area contributed by atoms with Gasteiger partial charge in [0.25, 0.3) is 0 Å². The van der Waals surface area contributed by atoms with Crippen molar-refractivity contribution in [2.75, 3.05) is 19.0 Å². The number of amides is 2. The second-order valence-corrected chi connectivity index (χ2v) is 5.84. The molecule has 5 nitrogen and oxygen atoms in total. The Hall–Kier alpha value is -0.970. The Bertz CT molecular complexity index is 320. The van der Waals surface area contributed by atoms with Crippen molar-refractivity contribution < 1.29 is 14.7 Å². The van der Waals surface area contributed by atoms with Crippen molar-refractivity contribution in [2.45, 2.75) is 45.2 Å². The molecule has 1 aliphatic rings. The molecule has 1 aliphatic heterocycles. The highest BCUT2D eigenvalue weighted by molar-refractivity contribution is 6.27. The van der Waals surface area contributed by atoms with Gasteiger partial charge < -0.3 is 14.9 Å². The summed E-state index contributed by atoms with van der Waals surface area (Å²) in [6.07, 6.45) is 0.447. The standard InChI is InChI=1S/C12H21ClN2O3/c1-12(2,3)15(11(17)18)9-4-6-14(7-5-9)10(16)8-13/h9H,4-8H2,1-3H3,(H,17,18). The van der Waals surface area contributed by atoms with Gasteiger partial charge in [0.1, 0.15) is 5.88 Å². The zero-order valence-corrected chi connectivity index (χ0v) is 11.9. The van der Waals surface area contributed by atoms with Crippen LogP contribution in [-0.2, 0) is 4.79 Å². The Balaban J connectivity index is 2.66. The van der Waals surface area contributed by atoms with Crippen molar-refractivity contribution >= 4 is 23.6 Å². The molecule has 0 spiro atoms. The van der Waals surface area contributed by atoms with Gasteiger partial charge in [-0.1, -0.05) is 0 Å². The summed E-state index contributed by atoms with van der Waals surface area (Å²) >= 11 is 5.51. The molecular formula is C12H21ClN2O3.